The molecule has 0 saturated carbocycles. The monoisotopic (exact) mass is 1830 g/mol. The third-order valence-corrected chi connectivity index (χ3v) is 23.1. The fourth-order valence-corrected chi connectivity index (χ4v) is 16.4. The van der Waals surface area contributed by atoms with E-state index in [1.165, 1.54) is 0 Å². The number of hydrogen-bond acceptors (Lipinski definition) is 44. The predicted octanol–water partition coefficient (Wildman–Crippen LogP) is -10.2. The van der Waals surface area contributed by atoms with E-state index in [0.717, 1.165) is 11.4 Å². The highest BCUT2D eigenvalue weighted by Gasteiger charge is 2.60. The van der Waals surface area contributed by atoms with Crippen LogP contribution in [0, 0.1) is 0 Å². The number of alkyl carbamates (subject to hydrolysis) is 1. The van der Waals surface area contributed by atoms with Crippen molar-refractivity contribution in [3.8, 4) is 0 Å². The quantitative estimate of drug-likeness (QED) is 0.0251. The molecule has 37 atom stereocenters. The minimum absolute atomic E-state index is 0.0514. The standard InChI is InChI=1S/C81H119N9O38/c1-81(2,3)128-80(113)88-42(19-13-25-90(29-39-16-6-10-22-84-39)30-40-17-7-11-23-85-40)72(112)87-41(18-12-24-89(27-37-14-4-8-20-82-37)28-38-15-5-9-21-83-38)71(111)86-26-43-64-50(97)57(104)73(114-43)122-65-44(31-91)116-75(59(106)52(65)99)124-67-46(33-93)118-77(61(108)54(67)101)126-69-48(35-95)120-79(63(110)56(69)103)127-70-49(36-96)119-78(62(109)55(70)102)125-68-47(34-94)117-76(60(107)53(68)100)123-66-45(32-92)115-74(121-64)58(105)51(66)98/h4-11,14-17,20-23,41-70,73-79,91-110H,12-13,18-19,24-36H2,1-3H3,(H,86,111)(H,87,112)(H,88,113). The molecule has 23 N–H and O–H groups in total. The second-order valence-electron chi connectivity index (χ2n) is 33.5. The fourth-order valence-electron chi connectivity index (χ4n) is 16.4. The van der Waals surface area contributed by atoms with E-state index in [-0.39, 0.29) is 45.3 Å². The van der Waals surface area contributed by atoms with Crippen LogP contribution in [0.3, 0.4) is 0 Å². The number of carbonyl (C=O) groups is 3. The van der Waals surface area contributed by atoms with Crippen LogP contribution < -0.4 is 16.0 Å². The molecule has 21 aliphatic heterocycles. The molecule has 0 radical (unpaired) electrons. The van der Waals surface area contributed by atoms with Gasteiger partial charge < -0.3 is 189 Å². The first-order chi connectivity index (χ1) is 61.3. The molecular formula is C81H119N9O38. The van der Waals surface area contributed by atoms with Gasteiger partial charge in [0.05, 0.1) is 62.4 Å². The van der Waals surface area contributed by atoms with Crippen molar-refractivity contribution in [1.82, 2.24) is 45.7 Å². The van der Waals surface area contributed by atoms with Crippen LogP contribution in [0.15, 0.2) is 97.6 Å². The van der Waals surface area contributed by atoms with E-state index in [4.69, 9.17) is 71.1 Å². The zero-order chi connectivity index (χ0) is 91.9. The second kappa shape index (κ2) is 46.3. The number of carbonyl (C=O) groups excluding carboxylic acids is 3. The maximum absolute atomic E-state index is 15.5. The number of aromatic nitrogens is 4. The van der Waals surface area contributed by atoms with Crippen LogP contribution in [0.2, 0.25) is 0 Å². The number of aliphatic hydroxyl groups excluding tert-OH is 20. The van der Waals surface area contributed by atoms with E-state index in [2.05, 4.69) is 35.9 Å². The molecule has 25 heterocycles. The molecule has 47 nitrogen and oxygen atoms in total. The molecule has 0 spiro atoms. The van der Waals surface area contributed by atoms with Gasteiger partial charge in [-0.2, -0.15) is 0 Å². The molecule has 21 aliphatic rings. The lowest BCUT2D eigenvalue weighted by atomic mass is 9.95. The number of nitrogens with zero attached hydrogens (tertiary/aromatic N) is 6. The Labute approximate surface area is 733 Å². The van der Waals surface area contributed by atoms with Gasteiger partial charge in [-0.15, -0.1) is 0 Å². The number of rotatable bonds is 28. The van der Waals surface area contributed by atoms with Crippen molar-refractivity contribution in [2.24, 2.45) is 0 Å². The van der Waals surface area contributed by atoms with Crippen LogP contribution in [0.1, 0.15) is 69.2 Å². The van der Waals surface area contributed by atoms with Gasteiger partial charge in [-0.05, 0) is 108 Å². The van der Waals surface area contributed by atoms with Gasteiger partial charge in [-0.1, -0.05) is 24.3 Å². The van der Waals surface area contributed by atoms with Crippen LogP contribution in [-0.2, 0) is 107 Å². The molecule has 47 heteroatoms. The SMILES string of the molecule is CC(C)(C)OC(=O)NC(CCCN(Cc1ccccn1)Cc1ccccn1)C(=O)NC(CCCN(Cc1ccccn1)Cc1ccccn1)C(=O)NCC1OC2OC3C(CO)OC(OC4C(CO)OC(OC5C(CO)OC(OC6C(CO)OC(OC7C(CO)OC(OC8C(CO)OC(OC1C(O)C2O)C(O)C8O)C(O)C7O)C(O)C6O)C(O)C5O)C(O)C4O)C(O)C3O. The average molecular weight is 1830 g/mol. The zero-order valence-electron chi connectivity index (χ0n) is 70.1. The Balaban J connectivity index is 0.852. The highest BCUT2D eigenvalue weighted by molar-refractivity contribution is 5.91. The van der Waals surface area contributed by atoms with Gasteiger partial charge in [-0.3, -0.25) is 39.3 Å². The van der Waals surface area contributed by atoms with E-state index in [1.807, 2.05) is 58.3 Å². The molecule has 128 heavy (non-hydrogen) atoms. The first kappa shape index (κ1) is 100. The summed E-state index contributed by atoms with van der Waals surface area (Å²) in [5, 5.41) is 239. The first-order valence-corrected chi connectivity index (χ1v) is 42.3. The number of nitrogens with one attached hydrogen (secondary N) is 3. The largest absolute Gasteiger partial charge is 0.444 e. The smallest absolute Gasteiger partial charge is 0.408 e. The van der Waals surface area contributed by atoms with E-state index in [0.29, 0.717) is 31.0 Å². The molecule has 37 unspecified atom stereocenters. The van der Waals surface area contributed by atoms with Crippen molar-refractivity contribution >= 4 is 17.9 Å². The van der Waals surface area contributed by atoms with Crippen molar-refractivity contribution in [3.63, 3.8) is 0 Å². The fraction of sp³-hybridized carbons (Fsp3) is 0.716. The third kappa shape index (κ3) is 24.9. The maximum atomic E-state index is 15.5. The molecule has 21 fully saturated rings. The van der Waals surface area contributed by atoms with Gasteiger partial charge in [0.1, 0.15) is 189 Å². The van der Waals surface area contributed by atoms with Gasteiger partial charge >= 0.3 is 6.09 Å². The predicted molar refractivity (Wildman–Crippen MR) is 423 cm³/mol. The number of hydrogen-bond donors (Lipinski definition) is 23. The minimum Gasteiger partial charge on any atom is -0.444 e. The lowest BCUT2D eigenvalue weighted by Gasteiger charge is -2.50. The molecule has 0 aliphatic carbocycles. The number of aliphatic hydroxyl groups is 20. The van der Waals surface area contributed by atoms with Gasteiger partial charge in [0.25, 0.3) is 0 Å². The van der Waals surface area contributed by atoms with Crippen molar-refractivity contribution in [3.05, 3.63) is 120 Å². The van der Waals surface area contributed by atoms with Crippen LogP contribution in [0.4, 0.5) is 4.79 Å². The Morgan fingerprint density at radius 2 is 0.570 bits per heavy atom. The van der Waals surface area contributed by atoms with Crippen LogP contribution in [-0.4, -0.2) is 442 Å². The summed E-state index contributed by atoms with van der Waals surface area (Å²) in [6.07, 6.45) is -68.9. The summed E-state index contributed by atoms with van der Waals surface area (Å²) >= 11 is 0. The molecule has 21 saturated heterocycles. The minimum atomic E-state index is -2.41. The average Bonchev–Trinajstić information content (AvgIpc) is 0.783. The third-order valence-electron chi connectivity index (χ3n) is 23.1. The van der Waals surface area contributed by atoms with E-state index < -0.39 is 297 Å². The van der Waals surface area contributed by atoms with Gasteiger partial charge in [0.15, 0.2) is 44.0 Å². The second-order valence-corrected chi connectivity index (χ2v) is 33.5. The zero-order valence-corrected chi connectivity index (χ0v) is 70.1. The molecule has 14 bridgehead atoms. The van der Waals surface area contributed by atoms with Crippen molar-refractivity contribution in [1.29, 1.82) is 0 Å². The Bertz CT molecular complexity index is 3920. The molecule has 4 aromatic heterocycles. The normalized spacial score (nSPS) is 38.5. The maximum Gasteiger partial charge on any atom is 0.408 e. The van der Waals surface area contributed by atoms with Crippen molar-refractivity contribution in [2.75, 3.05) is 59.3 Å². The van der Waals surface area contributed by atoms with Crippen molar-refractivity contribution < 1.29 is 188 Å². The van der Waals surface area contributed by atoms with Crippen LogP contribution in [0.5, 0.6) is 0 Å². The Morgan fingerprint density at radius 1 is 0.336 bits per heavy atom. The molecule has 716 valence electrons. The lowest BCUT2D eigenvalue weighted by Crippen LogP contribution is -2.68. The molecular weight excluding hydrogens is 1710 g/mol. The van der Waals surface area contributed by atoms with Gasteiger partial charge in [0, 0.05) is 57.5 Å². The molecule has 4 aromatic rings. The summed E-state index contributed by atoms with van der Waals surface area (Å²) in [5.41, 5.74) is 1.73. The lowest BCUT2D eigenvalue weighted by molar-refractivity contribution is -0.396. The van der Waals surface area contributed by atoms with E-state index in [1.54, 1.807) is 69.8 Å². The molecule has 25 rings (SSSR count). The Morgan fingerprint density at radius 3 is 0.797 bits per heavy atom. The summed E-state index contributed by atoms with van der Waals surface area (Å²) in [6, 6.07) is 18.7. The van der Waals surface area contributed by atoms with Crippen LogP contribution >= 0.6 is 0 Å². The van der Waals surface area contributed by atoms with Gasteiger partial charge in [-0.25, -0.2) is 4.79 Å². The summed E-state index contributed by atoms with van der Waals surface area (Å²) in [4.78, 5) is 66.7. The topological polar surface area (TPSA) is 688 Å². The van der Waals surface area contributed by atoms with E-state index in [9.17, 15) is 107 Å². The highest BCUT2D eigenvalue weighted by Crippen LogP contribution is 2.40. The first-order valence-electron chi connectivity index (χ1n) is 42.3. The summed E-state index contributed by atoms with van der Waals surface area (Å²) in [6.45, 7) is -0.961. The summed E-state index contributed by atoms with van der Waals surface area (Å²) in [7, 11) is 0. The summed E-state index contributed by atoms with van der Waals surface area (Å²) < 4.78 is 88.7. The van der Waals surface area contributed by atoms with E-state index >= 15 is 9.59 Å². The Kier molecular flexibility index (Phi) is 36.3. The number of amides is 3. The number of pyridine rings is 4. The Hall–Kier alpha value is -6.63. The van der Waals surface area contributed by atoms with Crippen molar-refractivity contribution in [2.45, 2.75) is 305 Å². The highest BCUT2D eigenvalue weighted by atomic mass is 16.8. The number of ether oxygens (including phenoxy) is 15. The molecule has 0 aromatic carbocycles. The summed E-state index contributed by atoms with van der Waals surface area (Å²) in [5.74, 6) is -1.85. The van der Waals surface area contributed by atoms with Gasteiger partial charge in [0.2, 0.25) is 11.8 Å². The molecule has 3 amide bonds. The van der Waals surface area contributed by atoms with Crippen LogP contribution in [0.25, 0.3) is 0 Å².